The van der Waals surface area contributed by atoms with Crippen LogP contribution in [0.1, 0.15) is 16.7 Å². The van der Waals surface area contributed by atoms with Gasteiger partial charge in [-0.3, -0.25) is 9.69 Å². The normalized spacial score (nSPS) is 14.9. The van der Waals surface area contributed by atoms with Gasteiger partial charge in [0, 0.05) is 32.7 Å². The highest BCUT2D eigenvalue weighted by Gasteiger charge is 2.30. The van der Waals surface area contributed by atoms with Crippen molar-refractivity contribution in [2.24, 2.45) is 0 Å². The van der Waals surface area contributed by atoms with Crippen molar-refractivity contribution in [1.82, 2.24) is 9.80 Å². The molecule has 0 aromatic heterocycles. The molecule has 0 unspecified atom stereocenters. The van der Waals surface area contributed by atoms with Crippen LogP contribution in [-0.4, -0.2) is 63.2 Å². The first-order valence-electron chi connectivity index (χ1n) is 10.2. The largest absolute Gasteiger partial charge is 0.493 e. The molecule has 0 aliphatic carbocycles. The number of benzene rings is 2. The van der Waals surface area contributed by atoms with Crippen LogP contribution < -0.4 is 14.2 Å². The molecule has 6 nitrogen and oxygen atoms in total. The summed E-state index contributed by atoms with van der Waals surface area (Å²) in [5.41, 5.74) is 0.710. The third-order valence-electron chi connectivity index (χ3n) is 5.47. The molecule has 1 aliphatic heterocycles. The minimum Gasteiger partial charge on any atom is -0.493 e. The van der Waals surface area contributed by atoms with Crippen molar-refractivity contribution in [2.45, 2.75) is 19.1 Å². The quantitative estimate of drug-likeness (QED) is 0.643. The molecule has 0 N–H and O–H groups in total. The first-order valence-corrected chi connectivity index (χ1v) is 10.2. The highest BCUT2D eigenvalue weighted by molar-refractivity contribution is 5.79. The number of carbonyl (C=O) groups excluding carboxylic acids is 1. The Morgan fingerprint density at radius 1 is 0.906 bits per heavy atom. The molecule has 0 bridgehead atoms. The summed E-state index contributed by atoms with van der Waals surface area (Å²) in [6, 6.07) is 8.88. The molecule has 1 fully saturated rings. The summed E-state index contributed by atoms with van der Waals surface area (Å²) in [4.78, 5) is 16.6. The number of methoxy groups -OCH3 is 3. The fourth-order valence-electron chi connectivity index (χ4n) is 3.78. The Morgan fingerprint density at radius 3 is 2.06 bits per heavy atom. The van der Waals surface area contributed by atoms with E-state index in [4.69, 9.17) is 14.2 Å². The maximum Gasteiger partial charge on any atom is 0.416 e. The number of hydrogen-bond donors (Lipinski definition) is 0. The third kappa shape index (κ3) is 5.64. The Kier molecular flexibility index (Phi) is 7.50. The molecule has 0 radical (unpaired) electrons. The summed E-state index contributed by atoms with van der Waals surface area (Å²) in [6.07, 6.45) is -4.17. The average molecular weight is 452 g/mol. The van der Waals surface area contributed by atoms with Crippen molar-refractivity contribution in [2.75, 3.05) is 47.5 Å². The number of nitrogens with zero attached hydrogens (tertiary/aromatic N) is 2. The van der Waals surface area contributed by atoms with Gasteiger partial charge in [0.1, 0.15) is 0 Å². The SMILES string of the molecule is COc1cc(CC(=O)N2CCN(Cc3cccc(C(F)(F)F)c3)CC2)cc(OC)c1OC. The molecule has 1 saturated heterocycles. The Hall–Kier alpha value is -2.94. The fraction of sp³-hybridized carbons (Fsp3) is 0.435. The van der Waals surface area contributed by atoms with Gasteiger partial charge in [-0.2, -0.15) is 13.2 Å². The lowest BCUT2D eigenvalue weighted by Gasteiger charge is -2.35. The summed E-state index contributed by atoms with van der Waals surface area (Å²) < 4.78 is 54.8. The molecule has 32 heavy (non-hydrogen) atoms. The summed E-state index contributed by atoms with van der Waals surface area (Å²) in [5, 5.41) is 0. The number of halogens is 3. The van der Waals surface area contributed by atoms with Crippen LogP contribution in [0.25, 0.3) is 0 Å². The van der Waals surface area contributed by atoms with E-state index in [9.17, 15) is 18.0 Å². The Bertz CT molecular complexity index is 916. The Balaban J connectivity index is 1.58. The van der Waals surface area contributed by atoms with Crippen LogP contribution in [0.15, 0.2) is 36.4 Å². The average Bonchev–Trinajstić information content (AvgIpc) is 2.78. The second-order valence-electron chi connectivity index (χ2n) is 7.57. The summed E-state index contributed by atoms with van der Waals surface area (Å²) in [6.45, 7) is 2.64. The van der Waals surface area contributed by atoms with E-state index >= 15 is 0 Å². The van der Waals surface area contributed by atoms with Crippen LogP contribution in [0.4, 0.5) is 13.2 Å². The maximum absolute atomic E-state index is 12.9. The third-order valence-corrected chi connectivity index (χ3v) is 5.47. The predicted molar refractivity (Wildman–Crippen MR) is 113 cm³/mol. The number of alkyl halides is 3. The van der Waals surface area contributed by atoms with Crippen LogP contribution in [0.5, 0.6) is 17.2 Å². The smallest absolute Gasteiger partial charge is 0.416 e. The number of hydrogen-bond acceptors (Lipinski definition) is 5. The van der Waals surface area contributed by atoms with Gasteiger partial charge in [-0.1, -0.05) is 18.2 Å². The van der Waals surface area contributed by atoms with Gasteiger partial charge in [0.25, 0.3) is 0 Å². The van der Waals surface area contributed by atoms with Gasteiger partial charge in [-0.15, -0.1) is 0 Å². The van der Waals surface area contributed by atoms with E-state index in [1.54, 1.807) is 23.1 Å². The van der Waals surface area contributed by atoms with Gasteiger partial charge < -0.3 is 19.1 Å². The number of ether oxygens (including phenoxy) is 3. The molecule has 1 amide bonds. The molecule has 0 spiro atoms. The summed E-state index contributed by atoms with van der Waals surface area (Å²) >= 11 is 0. The van der Waals surface area contributed by atoms with Crippen LogP contribution in [0.3, 0.4) is 0 Å². The van der Waals surface area contributed by atoms with Crippen LogP contribution in [-0.2, 0) is 23.9 Å². The highest BCUT2D eigenvalue weighted by atomic mass is 19.4. The van der Waals surface area contributed by atoms with Gasteiger partial charge in [-0.05, 0) is 29.3 Å². The van der Waals surface area contributed by atoms with E-state index in [0.717, 1.165) is 11.6 Å². The molecule has 3 rings (SSSR count). The zero-order valence-electron chi connectivity index (χ0n) is 18.4. The van der Waals surface area contributed by atoms with Crippen molar-refractivity contribution in [1.29, 1.82) is 0 Å². The van der Waals surface area contributed by atoms with Gasteiger partial charge in [0.15, 0.2) is 11.5 Å². The minimum atomic E-state index is -4.35. The van der Waals surface area contributed by atoms with Crippen molar-refractivity contribution in [3.8, 4) is 17.2 Å². The second-order valence-corrected chi connectivity index (χ2v) is 7.57. The van der Waals surface area contributed by atoms with E-state index in [1.165, 1.54) is 33.5 Å². The molecule has 1 heterocycles. The zero-order valence-corrected chi connectivity index (χ0v) is 18.4. The van der Waals surface area contributed by atoms with Crippen LogP contribution in [0.2, 0.25) is 0 Å². The first-order chi connectivity index (χ1) is 15.2. The van der Waals surface area contributed by atoms with Gasteiger partial charge >= 0.3 is 6.18 Å². The molecular formula is C23H27F3N2O4. The lowest BCUT2D eigenvalue weighted by Crippen LogP contribution is -2.48. The Morgan fingerprint density at radius 2 is 1.53 bits per heavy atom. The molecule has 2 aromatic carbocycles. The van der Waals surface area contributed by atoms with E-state index in [0.29, 0.717) is 55.5 Å². The van der Waals surface area contributed by atoms with Gasteiger partial charge in [-0.25, -0.2) is 0 Å². The Labute approximate surface area is 185 Å². The van der Waals surface area contributed by atoms with E-state index in [-0.39, 0.29) is 12.3 Å². The molecule has 0 atom stereocenters. The van der Waals surface area contributed by atoms with Gasteiger partial charge in [0.05, 0.1) is 33.3 Å². The topological polar surface area (TPSA) is 51.2 Å². The van der Waals surface area contributed by atoms with Gasteiger partial charge in [0.2, 0.25) is 11.7 Å². The minimum absolute atomic E-state index is 0.0296. The molecule has 174 valence electrons. The monoisotopic (exact) mass is 452 g/mol. The predicted octanol–water partition coefficient (Wildman–Crippen LogP) is 3.62. The van der Waals surface area contributed by atoms with Crippen molar-refractivity contribution >= 4 is 5.91 Å². The van der Waals surface area contributed by atoms with Crippen LogP contribution >= 0.6 is 0 Å². The lowest BCUT2D eigenvalue weighted by molar-refractivity contribution is -0.137. The molecule has 1 aliphatic rings. The summed E-state index contributed by atoms with van der Waals surface area (Å²) in [7, 11) is 4.56. The lowest BCUT2D eigenvalue weighted by atomic mass is 10.1. The number of piperazine rings is 1. The van der Waals surface area contributed by atoms with Crippen molar-refractivity contribution in [3.63, 3.8) is 0 Å². The zero-order chi connectivity index (χ0) is 23.3. The highest BCUT2D eigenvalue weighted by Crippen LogP contribution is 2.38. The number of amides is 1. The number of rotatable bonds is 7. The number of carbonyl (C=O) groups is 1. The molecule has 0 saturated carbocycles. The molecule has 2 aromatic rings. The summed E-state index contributed by atoms with van der Waals surface area (Å²) in [5.74, 6) is 1.41. The first kappa shape index (κ1) is 23.7. The second kappa shape index (κ2) is 10.1. The van der Waals surface area contributed by atoms with E-state index in [1.807, 2.05) is 0 Å². The standard InChI is InChI=1S/C23H27F3N2O4/c1-30-19-12-17(13-20(31-2)22(19)32-3)14-21(29)28-9-7-27(8-10-28)15-16-5-4-6-18(11-16)23(24,25)26/h4-6,11-13H,7-10,14-15H2,1-3H3. The fourth-order valence-corrected chi connectivity index (χ4v) is 3.78. The molecule has 9 heteroatoms. The molecular weight excluding hydrogens is 425 g/mol. The van der Waals surface area contributed by atoms with Crippen molar-refractivity contribution in [3.05, 3.63) is 53.1 Å². The van der Waals surface area contributed by atoms with Crippen LogP contribution in [0, 0.1) is 0 Å². The van der Waals surface area contributed by atoms with Crippen molar-refractivity contribution < 1.29 is 32.2 Å². The maximum atomic E-state index is 12.9. The van der Waals surface area contributed by atoms with E-state index < -0.39 is 11.7 Å². The van der Waals surface area contributed by atoms with E-state index in [2.05, 4.69) is 4.90 Å².